The molecule has 0 saturated heterocycles. The molecule has 0 saturated carbocycles. The van der Waals surface area contributed by atoms with Gasteiger partial charge in [0.05, 0.1) is 11.4 Å². The first kappa shape index (κ1) is 68.2. The fourth-order valence-corrected chi connectivity index (χ4v) is 17.9. The summed E-state index contributed by atoms with van der Waals surface area (Å²) < 4.78 is 0. The molecule has 0 heterocycles. The van der Waals surface area contributed by atoms with Crippen molar-refractivity contribution in [1.29, 1.82) is 0 Å². The fourth-order valence-electron chi connectivity index (χ4n) is 17.9. The second-order valence-corrected chi connectivity index (χ2v) is 30.9. The molecule has 0 atom stereocenters. The smallest absolute Gasteiger partial charge is 0.0620 e. The second-order valence-electron chi connectivity index (χ2n) is 30.9. The minimum absolute atomic E-state index is 0.524. The maximum Gasteiger partial charge on any atom is 0.0620 e. The topological polar surface area (TPSA) is 13.0 Å². The van der Waals surface area contributed by atoms with Crippen molar-refractivity contribution in [2.24, 2.45) is 0 Å². The fraction of sp³-hybridized carbons (Fsp3) is 0.0270. The van der Waals surface area contributed by atoms with E-state index in [-0.39, 0.29) is 0 Å². The van der Waals surface area contributed by atoms with Crippen molar-refractivity contribution in [3.63, 3.8) is 0 Å². The third-order valence-electron chi connectivity index (χ3n) is 23.6. The minimum atomic E-state index is -0.524. The lowest BCUT2D eigenvalue weighted by Gasteiger charge is -2.35. The Morgan fingerprint density at radius 2 is 0.417 bits per heavy atom. The largest absolute Gasteiger partial charge is 0.310 e. The predicted octanol–water partition coefficient (Wildman–Crippen LogP) is 31.5. The van der Waals surface area contributed by atoms with Gasteiger partial charge in [-0.15, -0.1) is 0 Å². The van der Waals surface area contributed by atoms with E-state index in [0.717, 1.165) is 145 Å². The van der Waals surface area contributed by atoms with Crippen molar-refractivity contribution < 1.29 is 0 Å². The minimum Gasteiger partial charge on any atom is -0.310 e. The predicted molar refractivity (Wildman–Crippen MR) is 490 cm³/mol. The third kappa shape index (κ3) is 12.4. The third-order valence-corrected chi connectivity index (χ3v) is 23.6. The van der Waals surface area contributed by atoms with Gasteiger partial charge in [0, 0.05) is 83.8 Å². The van der Waals surface area contributed by atoms with Crippen LogP contribution < -0.4 is 19.6 Å². The Hall–Kier alpha value is -14.8. The Morgan fingerprint density at radius 3 is 0.800 bits per heavy atom. The summed E-state index contributed by atoms with van der Waals surface area (Å²) in [6, 6.07) is 162. The summed E-state index contributed by atoms with van der Waals surface area (Å²) in [5, 5.41) is 13.7. The van der Waals surface area contributed by atoms with Gasteiger partial charge in [-0.05, 0) is 243 Å². The molecule has 4 nitrogen and oxygen atoms in total. The zero-order valence-electron chi connectivity index (χ0n) is 63.9. The molecule has 20 aromatic carbocycles. The number of hydrogen-bond acceptors (Lipinski definition) is 4. The van der Waals surface area contributed by atoms with E-state index in [0.29, 0.717) is 0 Å². The summed E-state index contributed by atoms with van der Waals surface area (Å²) in [7, 11) is 0. The number of fused-ring (bicyclic) bond motifs is 9. The first-order chi connectivity index (χ1) is 56.7. The lowest BCUT2D eigenvalue weighted by Crippen LogP contribution is -2.18. The molecular formula is C111H78N4. The van der Waals surface area contributed by atoms with E-state index in [2.05, 4.69) is 470 Å². The van der Waals surface area contributed by atoms with Crippen LogP contribution in [0, 0.1) is 0 Å². The van der Waals surface area contributed by atoms with Crippen LogP contribution in [0.5, 0.6) is 0 Å². The van der Waals surface area contributed by atoms with Gasteiger partial charge in [0.15, 0.2) is 0 Å². The molecule has 20 aromatic rings. The number of rotatable bonds is 16. The highest BCUT2D eigenvalue weighted by atomic mass is 15.2. The highest BCUT2D eigenvalue weighted by molar-refractivity contribution is 6.25. The molecule has 0 amide bonds. The van der Waals surface area contributed by atoms with Gasteiger partial charge < -0.3 is 19.6 Å². The van der Waals surface area contributed by atoms with Crippen LogP contribution in [0.15, 0.2) is 437 Å². The standard InChI is InChI=1S/C111H78N4/c1-111(2)107-72-100(113(96-56-52-80-36-16-20-40-84(80)68-96)92-48-24-44-88(64-92)76-29-9-4-10-30-76)59-61-101(107)103-73-105-106(74-108(103)111)109(114(97-57-53-81-37-17-21-41-85(81)69-97)93-49-25-45-89(65-93)77-31-11-5-12-32-77)102-62-60-99(112(95-55-51-79-35-15-19-39-83(79)67-95)91-47-23-43-87(63-91)75-27-7-3-8-28-75)71-104(102)110(105)115(98-58-54-82-38-18-22-42-86(82)70-98)94-50-26-46-90(66-94)78-33-13-6-14-34-78/h3-74H,1-2H3. The molecule has 0 spiro atoms. The van der Waals surface area contributed by atoms with Gasteiger partial charge in [-0.3, -0.25) is 0 Å². The van der Waals surface area contributed by atoms with Crippen molar-refractivity contribution in [3.8, 4) is 55.6 Å². The van der Waals surface area contributed by atoms with Crippen LogP contribution in [0.2, 0.25) is 0 Å². The first-order valence-electron chi connectivity index (χ1n) is 39.8. The molecule has 0 fully saturated rings. The summed E-state index contributed by atoms with van der Waals surface area (Å²) in [5.74, 6) is 0. The molecule has 0 radical (unpaired) electrons. The van der Waals surface area contributed by atoms with Gasteiger partial charge >= 0.3 is 0 Å². The average Bonchev–Trinajstić information content (AvgIpc) is 1.53. The van der Waals surface area contributed by atoms with Crippen LogP contribution in [0.1, 0.15) is 25.0 Å². The van der Waals surface area contributed by atoms with Crippen LogP contribution >= 0.6 is 0 Å². The number of nitrogens with zero attached hydrogens (tertiary/aromatic N) is 4. The van der Waals surface area contributed by atoms with E-state index in [1.807, 2.05) is 0 Å². The zero-order chi connectivity index (χ0) is 76.5. The second kappa shape index (κ2) is 28.5. The first-order valence-corrected chi connectivity index (χ1v) is 39.8. The van der Waals surface area contributed by atoms with Crippen molar-refractivity contribution >= 4 is 133 Å². The van der Waals surface area contributed by atoms with Crippen LogP contribution in [-0.2, 0) is 5.41 Å². The van der Waals surface area contributed by atoms with E-state index in [1.54, 1.807) is 0 Å². The highest BCUT2D eigenvalue weighted by Gasteiger charge is 2.39. The molecule has 21 rings (SSSR count). The monoisotopic (exact) mass is 1470 g/mol. The van der Waals surface area contributed by atoms with Gasteiger partial charge in [0.1, 0.15) is 0 Å². The molecular weight excluding hydrogens is 1390 g/mol. The molecule has 542 valence electrons. The van der Waals surface area contributed by atoms with Crippen LogP contribution in [0.25, 0.3) is 120 Å². The van der Waals surface area contributed by atoms with Crippen molar-refractivity contribution in [1.82, 2.24) is 0 Å². The van der Waals surface area contributed by atoms with Crippen LogP contribution in [-0.4, -0.2) is 0 Å². The maximum absolute atomic E-state index is 2.60. The van der Waals surface area contributed by atoms with Gasteiger partial charge in [-0.1, -0.05) is 317 Å². The van der Waals surface area contributed by atoms with Gasteiger partial charge in [-0.2, -0.15) is 0 Å². The summed E-state index contributed by atoms with van der Waals surface area (Å²) in [6.45, 7) is 4.90. The van der Waals surface area contributed by atoms with E-state index in [1.165, 1.54) is 54.7 Å². The Morgan fingerprint density at radius 1 is 0.157 bits per heavy atom. The molecule has 4 heteroatoms. The Kier molecular flexibility index (Phi) is 16.9. The molecule has 0 aromatic heterocycles. The van der Waals surface area contributed by atoms with Gasteiger partial charge in [-0.25, -0.2) is 0 Å². The van der Waals surface area contributed by atoms with Gasteiger partial charge in [0.2, 0.25) is 0 Å². The summed E-state index contributed by atoms with van der Waals surface area (Å²) in [6.07, 6.45) is 0. The van der Waals surface area contributed by atoms with E-state index < -0.39 is 5.41 Å². The highest BCUT2D eigenvalue weighted by Crippen LogP contribution is 2.59. The van der Waals surface area contributed by atoms with E-state index in [4.69, 9.17) is 0 Å². The number of benzene rings is 20. The molecule has 1 aliphatic rings. The SMILES string of the molecule is CC1(C)c2cc(N(c3cccc(-c4ccccc4)c3)c3ccc4ccccc4c3)ccc2-c2cc3c(N(c4cccc(-c5ccccc5)c4)c4ccc5ccccc5c4)c4cc(N(c5cccc(-c6ccccc6)c5)c5ccc6ccccc6c5)ccc4c(N(c4cccc(-c5ccccc5)c4)c4ccc5ccccc5c4)c3cc21. The maximum atomic E-state index is 2.60. The number of anilines is 12. The lowest BCUT2D eigenvalue weighted by atomic mass is 9.81. The Balaban J connectivity index is 0.900. The summed E-state index contributed by atoms with van der Waals surface area (Å²) in [5.41, 5.74) is 26.1. The molecule has 1 aliphatic carbocycles. The van der Waals surface area contributed by atoms with E-state index >= 15 is 0 Å². The molecule has 0 N–H and O–H groups in total. The molecule has 0 bridgehead atoms. The van der Waals surface area contributed by atoms with Crippen molar-refractivity contribution in [2.75, 3.05) is 19.6 Å². The quantitative estimate of drug-likeness (QED) is 0.0706. The average molecular weight is 1470 g/mol. The lowest BCUT2D eigenvalue weighted by molar-refractivity contribution is 0.661. The van der Waals surface area contributed by atoms with E-state index in [9.17, 15) is 0 Å². The van der Waals surface area contributed by atoms with Crippen LogP contribution in [0.4, 0.5) is 68.2 Å². The molecule has 0 unspecified atom stereocenters. The normalized spacial score (nSPS) is 12.2. The van der Waals surface area contributed by atoms with Crippen molar-refractivity contribution in [2.45, 2.75) is 19.3 Å². The van der Waals surface area contributed by atoms with Crippen molar-refractivity contribution in [3.05, 3.63) is 448 Å². The summed E-state index contributed by atoms with van der Waals surface area (Å²) in [4.78, 5) is 10.1. The number of hydrogen-bond donors (Lipinski definition) is 0. The Labute approximate surface area is 670 Å². The van der Waals surface area contributed by atoms with Crippen LogP contribution in [0.3, 0.4) is 0 Å². The zero-order valence-corrected chi connectivity index (χ0v) is 63.9. The Bertz CT molecular complexity index is 7150. The molecule has 0 aliphatic heterocycles. The molecule has 115 heavy (non-hydrogen) atoms. The summed E-state index contributed by atoms with van der Waals surface area (Å²) >= 11 is 0. The van der Waals surface area contributed by atoms with Gasteiger partial charge in [0.25, 0.3) is 0 Å².